The number of hydrogen-bond donors (Lipinski definition) is 0. The normalized spacial score (nSPS) is 17.5. The van der Waals surface area contributed by atoms with Crippen LogP contribution in [0.2, 0.25) is 0 Å². The summed E-state index contributed by atoms with van der Waals surface area (Å²) in [5.41, 5.74) is 1.83. The molecule has 1 amide bonds. The van der Waals surface area contributed by atoms with Crippen LogP contribution >= 0.6 is 0 Å². The Labute approximate surface area is 195 Å². The molecule has 3 aromatic rings. The molecule has 0 saturated carbocycles. The van der Waals surface area contributed by atoms with E-state index in [4.69, 9.17) is 9.72 Å². The van der Waals surface area contributed by atoms with Crippen molar-refractivity contribution in [2.75, 3.05) is 76.3 Å². The molecule has 0 spiro atoms. The van der Waals surface area contributed by atoms with Crippen molar-refractivity contribution in [1.29, 1.82) is 0 Å². The average molecular weight is 446 g/mol. The molecule has 0 bridgehead atoms. The molecule has 0 atom stereocenters. The van der Waals surface area contributed by atoms with Gasteiger partial charge in [-0.3, -0.25) is 4.79 Å². The summed E-state index contributed by atoms with van der Waals surface area (Å²) in [5, 5.41) is 2.03. The Hall–Kier alpha value is -3.32. The molecule has 7 heteroatoms. The maximum Gasteiger partial charge on any atom is 0.256 e. The van der Waals surface area contributed by atoms with Crippen molar-refractivity contribution in [3.8, 4) is 5.75 Å². The van der Waals surface area contributed by atoms with E-state index in [2.05, 4.69) is 46.0 Å². The number of fused-ring (bicyclic) bond motifs is 1. The van der Waals surface area contributed by atoms with E-state index in [0.717, 1.165) is 80.4 Å². The number of benzene rings is 2. The zero-order chi connectivity index (χ0) is 22.8. The molecule has 2 aromatic carbocycles. The fourth-order valence-corrected chi connectivity index (χ4v) is 4.83. The lowest BCUT2D eigenvalue weighted by Crippen LogP contribution is -2.47. The maximum atomic E-state index is 13.3. The topological polar surface area (TPSA) is 52.2 Å². The fourth-order valence-electron chi connectivity index (χ4n) is 4.83. The third kappa shape index (κ3) is 4.20. The van der Waals surface area contributed by atoms with Gasteiger partial charge < -0.3 is 24.3 Å². The molecule has 172 valence electrons. The molecule has 1 aromatic heterocycles. The van der Waals surface area contributed by atoms with Gasteiger partial charge in [0.2, 0.25) is 0 Å². The van der Waals surface area contributed by atoms with Gasteiger partial charge in [-0.2, -0.15) is 0 Å². The van der Waals surface area contributed by atoms with Gasteiger partial charge in [0, 0.05) is 63.9 Å². The van der Waals surface area contributed by atoms with Crippen LogP contribution < -0.4 is 14.5 Å². The minimum Gasteiger partial charge on any atom is -0.495 e. The smallest absolute Gasteiger partial charge is 0.256 e. The van der Waals surface area contributed by atoms with Gasteiger partial charge in [0.05, 0.1) is 18.4 Å². The third-order valence-corrected chi connectivity index (χ3v) is 6.80. The summed E-state index contributed by atoms with van der Waals surface area (Å²) in [4.78, 5) is 27.0. The predicted octanol–water partition coefficient (Wildman–Crippen LogP) is 2.96. The molecular weight excluding hydrogens is 414 g/mol. The number of pyridine rings is 1. The van der Waals surface area contributed by atoms with Crippen molar-refractivity contribution in [1.82, 2.24) is 14.8 Å². The monoisotopic (exact) mass is 445 g/mol. The Kier molecular flexibility index (Phi) is 6.05. The van der Waals surface area contributed by atoms with E-state index in [1.165, 1.54) is 0 Å². The summed E-state index contributed by atoms with van der Waals surface area (Å²) in [6, 6.07) is 16.3. The van der Waals surface area contributed by atoms with Gasteiger partial charge in [-0.1, -0.05) is 36.4 Å². The second kappa shape index (κ2) is 9.27. The number of para-hydroxylation sites is 2. The van der Waals surface area contributed by atoms with Gasteiger partial charge in [0.15, 0.2) is 0 Å². The summed E-state index contributed by atoms with van der Waals surface area (Å²) >= 11 is 0. The van der Waals surface area contributed by atoms with Crippen molar-refractivity contribution < 1.29 is 9.53 Å². The number of carbonyl (C=O) groups excluding carboxylic acids is 1. The van der Waals surface area contributed by atoms with Crippen LogP contribution in [0.1, 0.15) is 10.4 Å². The van der Waals surface area contributed by atoms with E-state index >= 15 is 0 Å². The first-order valence-electron chi connectivity index (χ1n) is 11.6. The highest BCUT2D eigenvalue weighted by molar-refractivity contribution is 6.09. The summed E-state index contributed by atoms with van der Waals surface area (Å²) in [6.07, 6.45) is 1.78. The third-order valence-electron chi connectivity index (χ3n) is 6.80. The van der Waals surface area contributed by atoms with Crippen molar-refractivity contribution in [2.24, 2.45) is 0 Å². The first kappa shape index (κ1) is 21.5. The van der Waals surface area contributed by atoms with Crippen LogP contribution in [-0.4, -0.2) is 87.2 Å². The second-order valence-electron chi connectivity index (χ2n) is 8.78. The van der Waals surface area contributed by atoms with Gasteiger partial charge in [0.1, 0.15) is 11.6 Å². The number of hydrogen-bond acceptors (Lipinski definition) is 6. The van der Waals surface area contributed by atoms with Gasteiger partial charge in [-0.05, 0) is 24.6 Å². The van der Waals surface area contributed by atoms with Gasteiger partial charge >= 0.3 is 0 Å². The SMILES string of the molecule is COc1ccccc1N1CCN(c2ncc(C(=O)N3CCN(C)CC3)c3ccccc23)CC1. The van der Waals surface area contributed by atoms with Crippen LogP contribution in [0.4, 0.5) is 11.5 Å². The zero-order valence-corrected chi connectivity index (χ0v) is 19.4. The number of anilines is 2. The summed E-state index contributed by atoms with van der Waals surface area (Å²) in [7, 11) is 3.82. The molecule has 2 aliphatic heterocycles. The van der Waals surface area contributed by atoms with E-state index in [1.54, 1.807) is 13.3 Å². The number of carbonyl (C=O) groups is 1. The number of methoxy groups -OCH3 is 1. The molecular formula is C26H31N5O2. The standard InChI is InChI=1S/C26H31N5O2/c1-28-11-13-31(14-12-28)26(32)22-19-27-25(21-8-4-3-7-20(21)22)30-17-15-29(16-18-30)23-9-5-6-10-24(23)33-2/h3-10,19H,11-18H2,1-2H3. The molecule has 0 N–H and O–H groups in total. The van der Waals surface area contributed by atoms with E-state index in [1.807, 2.05) is 29.2 Å². The van der Waals surface area contributed by atoms with E-state index in [-0.39, 0.29) is 5.91 Å². The Balaban J connectivity index is 1.38. The number of rotatable bonds is 4. The lowest BCUT2D eigenvalue weighted by molar-refractivity contribution is 0.0665. The summed E-state index contributed by atoms with van der Waals surface area (Å²) in [6.45, 7) is 6.84. The number of likely N-dealkylation sites (N-methyl/N-ethyl adjacent to an activating group) is 1. The molecule has 2 aliphatic rings. The Bertz CT molecular complexity index is 1130. The Morgan fingerprint density at radius 3 is 2.18 bits per heavy atom. The van der Waals surface area contributed by atoms with Crippen LogP contribution in [0.5, 0.6) is 5.75 Å². The van der Waals surface area contributed by atoms with Crippen LogP contribution in [0, 0.1) is 0 Å². The number of amides is 1. The highest BCUT2D eigenvalue weighted by atomic mass is 16.5. The van der Waals surface area contributed by atoms with Crippen molar-refractivity contribution >= 4 is 28.2 Å². The van der Waals surface area contributed by atoms with Gasteiger partial charge in [0.25, 0.3) is 5.91 Å². The minimum absolute atomic E-state index is 0.0827. The lowest BCUT2D eigenvalue weighted by Gasteiger charge is -2.37. The number of aromatic nitrogens is 1. The Morgan fingerprint density at radius 2 is 1.45 bits per heavy atom. The summed E-state index contributed by atoms with van der Waals surface area (Å²) < 4.78 is 5.55. The molecule has 2 fully saturated rings. The largest absolute Gasteiger partial charge is 0.495 e. The Morgan fingerprint density at radius 1 is 0.818 bits per heavy atom. The predicted molar refractivity (Wildman–Crippen MR) is 133 cm³/mol. The lowest BCUT2D eigenvalue weighted by atomic mass is 10.0. The minimum atomic E-state index is 0.0827. The second-order valence-corrected chi connectivity index (χ2v) is 8.78. The van der Waals surface area contributed by atoms with Crippen LogP contribution in [0.3, 0.4) is 0 Å². The number of piperazine rings is 2. The first-order chi connectivity index (χ1) is 16.2. The zero-order valence-electron chi connectivity index (χ0n) is 19.4. The van der Waals surface area contributed by atoms with E-state index in [9.17, 15) is 4.79 Å². The molecule has 0 unspecified atom stereocenters. The molecule has 5 rings (SSSR count). The molecule has 0 aliphatic carbocycles. The van der Waals surface area contributed by atoms with Gasteiger partial charge in [-0.15, -0.1) is 0 Å². The number of nitrogens with zero attached hydrogens (tertiary/aromatic N) is 5. The molecule has 2 saturated heterocycles. The molecule has 33 heavy (non-hydrogen) atoms. The van der Waals surface area contributed by atoms with Crippen LogP contribution in [-0.2, 0) is 0 Å². The highest BCUT2D eigenvalue weighted by Gasteiger charge is 2.25. The summed E-state index contributed by atoms with van der Waals surface area (Å²) in [5.74, 6) is 1.95. The van der Waals surface area contributed by atoms with E-state index in [0.29, 0.717) is 5.56 Å². The van der Waals surface area contributed by atoms with Crippen molar-refractivity contribution in [3.63, 3.8) is 0 Å². The molecule has 0 radical (unpaired) electrons. The quantitative estimate of drug-likeness (QED) is 0.616. The molecule has 7 nitrogen and oxygen atoms in total. The highest BCUT2D eigenvalue weighted by Crippen LogP contribution is 2.32. The van der Waals surface area contributed by atoms with Crippen molar-refractivity contribution in [2.45, 2.75) is 0 Å². The first-order valence-corrected chi connectivity index (χ1v) is 11.6. The van der Waals surface area contributed by atoms with E-state index < -0.39 is 0 Å². The van der Waals surface area contributed by atoms with Crippen LogP contribution in [0.15, 0.2) is 54.7 Å². The fraction of sp³-hybridized carbons (Fsp3) is 0.385. The molecule has 3 heterocycles. The number of ether oxygens (including phenoxy) is 1. The van der Waals surface area contributed by atoms with Crippen LogP contribution in [0.25, 0.3) is 10.8 Å². The van der Waals surface area contributed by atoms with Crippen molar-refractivity contribution in [3.05, 3.63) is 60.3 Å². The average Bonchev–Trinajstić information content (AvgIpc) is 2.88. The van der Waals surface area contributed by atoms with Gasteiger partial charge in [-0.25, -0.2) is 4.98 Å². The maximum absolute atomic E-state index is 13.3.